The Bertz CT molecular complexity index is 1030. The first-order valence-electron chi connectivity index (χ1n) is 8.95. The lowest BCUT2D eigenvalue weighted by molar-refractivity contribution is -0.113. The molecule has 3 nitrogen and oxygen atoms in total. The predicted molar refractivity (Wildman–Crippen MR) is 111 cm³/mol. The number of aliphatic imine (C=N–C) groups is 1. The van der Waals surface area contributed by atoms with Crippen LogP contribution in [-0.2, 0) is 4.79 Å². The molecule has 0 N–H and O–H groups in total. The molecule has 4 rings (SSSR count). The first kappa shape index (κ1) is 17.0. The smallest absolute Gasteiger partial charge is 0.266 e. The molecule has 3 aromatic rings. The van der Waals surface area contributed by atoms with E-state index in [4.69, 9.17) is 4.99 Å². The fraction of sp³-hybridized carbons (Fsp3) is 0.0833. The average molecular weight is 352 g/mol. The van der Waals surface area contributed by atoms with Crippen LogP contribution in [0.15, 0.2) is 89.6 Å². The van der Waals surface area contributed by atoms with Gasteiger partial charge in [-0.1, -0.05) is 77.9 Å². The molecular weight excluding hydrogens is 332 g/mol. The maximum atomic E-state index is 13.2. The Balaban J connectivity index is 1.82. The second-order valence-corrected chi connectivity index (χ2v) is 6.72. The number of carbonyl (C=O) groups is 1. The Morgan fingerprint density at radius 2 is 1.37 bits per heavy atom. The lowest BCUT2D eigenvalue weighted by Gasteiger charge is -2.19. The Morgan fingerprint density at radius 1 is 0.778 bits per heavy atom. The van der Waals surface area contributed by atoms with Gasteiger partial charge in [-0.05, 0) is 37.6 Å². The molecule has 0 aliphatic carbocycles. The van der Waals surface area contributed by atoms with Crippen LogP contribution < -0.4 is 4.90 Å². The molecule has 1 amide bonds. The zero-order chi connectivity index (χ0) is 18.8. The van der Waals surface area contributed by atoms with Crippen LogP contribution in [0.3, 0.4) is 0 Å². The van der Waals surface area contributed by atoms with Crippen molar-refractivity contribution in [3.05, 3.63) is 107 Å². The summed E-state index contributed by atoms with van der Waals surface area (Å²) in [6.45, 7) is 4.08. The summed E-state index contributed by atoms with van der Waals surface area (Å²) in [5.41, 5.74) is 5.47. The van der Waals surface area contributed by atoms with Gasteiger partial charge in [0, 0.05) is 5.56 Å². The van der Waals surface area contributed by atoms with Crippen LogP contribution in [0.4, 0.5) is 5.69 Å². The molecule has 1 heterocycles. The lowest BCUT2D eigenvalue weighted by atomic mass is 10.1. The zero-order valence-electron chi connectivity index (χ0n) is 15.4. The van der Waals surface area contributed by atoms with Crippen LogP contribution in [-0.4, -0.2) is 11.7 Å². The fourth-order valence-electron chi connectivity index (χ4n) is 3.05. The van der Waals surface area contributed by atoms with Gasteiger partial charge in [-0.2, -0.15) is 0 Å². The fourth-order valence-corrected chi connectivity index (χ4v) is 3.05. The topological polar surface area (TPSA) is 32.7 Å². The van der Waals surface area contributed by atoms with E-state index in [1.54, 1.807) is 4.90 Å². The maximum Gasteiger partial charge on any atom is 0.282 e. The molecule has 0 atom stereocenters. The van der Waals surface area contributed by atoms with Crippen molar-refractivity contribution >= 4 is 23.5 Å². The van der Waals surface area contributed by atoms with Crippen LogP contribution >= 0.6 is 0 Å². The Labute approximate surface area is 159 Å². The van der Waals surface area contributed by atoms with Crippen molar-refractivity contribution in [2.45, 2.75) is 13.8 Å². The Hall–Kier alpha value is -3.46. The van der Waals surface area contributed by atoms with Crippen LogP contribution in [0.25, 0.3) is 6.08 Å². The number of hydrogen-bond acceptors (Lipinski definition) is 2. The van der Waals surface area contributed by atoms with E-state index in [2.05, 4.69) is 0 Å². The summed E-state index contributed by atoms with van der Waals surface area (Å²) < 4.78 is 0. The summed E-state index contributed by atoms with van der Waals surface area (Å²) in [4.78, 5) is 19.6. The Kier molecular flexibility index (Phi) is 4.43. The zero-order valence-corrected chi connectivity index (χ0v) is 15.4. The molecule has 0 saturated heterocycles. The van der Waals surface area contributed by atoms with Gasteiger partial charge in [-0.15, -0.1) is 0 Å². The van der Waals surface area contributed by atoms with Crippen LogP contribution in [0.2, 0.25) is 0 Å². The maximum absolute atomic E-state index is 13.2. The minimum absolute atomic E-state index is 0.113. The normalized spacial score (nSPS) is 15.3. The number of amidine groups is 1. The highest BCUT2D eigenvalue weighted by atomic mass is 16.2. The number of anilines is 1. The van der Waals surface area contributed by atoms with E-state index in [0.717, 1.165) is 22.4 Å². The highest BCUT2D eigenvalue weighted by molar-refractivity contribution is 6.33. The standard InChI is InChI=1S/C24H20N2O/c1-17-8-12-20(13-9-17)23-25-22(16-19-6-4-3-5-7-19)24(27)26(23)21-14-10-18(2)11-15-21/h3-16H,1-2H3. The molecule has 3 aromatic carbocycles. The molecule has 0 radical (unpaired) electrons. The second-order valence-electron chi connectivity index (χ2n) is 6.72. The van der Waals surface area contributed by atoms with Crippen molar-refractivity contribution in [2.75, 3.05) is 4.90 Å². The summed E-state index contributed by atoms with van der Waals surface area (Å²) in [6, 6.07) is 25.8. The van der Waals surface area contributed by atoms with E-state index in [9.17, 15) is 4.79 Å². The van der Waals surface area contributed by atoms with Gasteiger partial charge in [0.1, 0.15) is 11.5 Å². The van der Waals surface area contributed by atoms with Crippen LogP contribution in [0, 0.1) is 13.8 Å². The number of nitrogens with zero attached hydrogens (tertiary/aromatic N) is 2. The van der Waals surface area contributed by atoms with Gasteiger partial charge < -0.3 is 0 Å². The third-order valence-electron chi connectivity index (χ3n) is 4.57. The quantitative estimate of drug-likeness (QED) is 0.601. The highest BCUT2D eigenvalue weighted by Gasteiger charge is 2.32. The van der Waals surface area contributed by atoms with Gasteiger partial charge in [0.15, 0.2) is 0 Å². The number of hydrogen-bond donors (Lipinski definition) is 0. The van der Waals surface area contributed by atoms with Crippen molar-refractivity contribution < 1.29 is 4.79 Å². The summed E-state index contributed by atoms with van der Waals surface area (Å²) in [6.07, 6.45) is 1.84. The summed E-state index contributed by atoms with van der Waals surface area (Å²) in [5.74, 6) is 0.546. The predicted octanol–water partition coefficient (Wildman–Crippen LogP) is 5.14. The Morgan fingerprint density at radius 3 is 2.00 bits per heavy atom. The SMILES string of the molecule is Cc1ccc(C2=NC(=Cc3ccccc3)C(=O)N2c2ccc(C)cc2)cc1. The van der Waals surface area contributed by atoms with E-state index in [1.165, 1.54) is 5.56 Å². The van der Waals surface area contributed by atoms with Crippen LogP contribution in [0.1, 0.15) is 22.3 Å². The van der Waals surface area contributed by atoms with E-state index in [0.29, 0.717) is 11.5 Å². The monoisotopic (exact) mass is 352 g/mol. The lowest BCUT2D eigenvalue weighted by Crippen LogP contribution is -2.32. The number of aryl methyl sites for hydroxylation is 2. The minimum atomic E-state index is -0.113. The molecule has 27 heavy (non-hydrogen) atoms. The van der Waals surface area contributed by atoms with Gasteiger partial charge in [-0.25, -0.2) is 4.99 Å². The largest absolute Gasteiger partial charge is 0.282 e. The van der Waals surface area contributed by atoms with E-state index < -0.39 is 0 Å². The molecule has 1 aliphatic rings. The van der Waals surface area contributed by atoms with Crippen molar-refractivity contribution in [3.63, 3.8) is 0 Å². The van der Waals surface area contributed by atoms with Crippen LogP contribution in [0.5, 0.6) is 0 Å². The van der Waals surface area contributed by atoms with Crippen molar-refractivity contribution in [1.82, 2.24) is 0 Å². The number of rotatable bonds is 3. The van der Waals surface area contributed by atoms with Crippen molar-refractivity contribution in [2.24, 2.45) is 4.99 Å². The molecule has 0 spiro atoms. The summed E-state index contributed by atoms with van der Waals surface area (Å²) in [5, 5.41) is 0. The molecular formula is C24H20N2O. The first-order chi connectivity index (χ1) is 13.1. The summed E-state index contributed by atoms with van der Waals surface area (Å²) >= 11 is 0. The van der Waals surface area contributed by atoms with E-state index >= 15 is 0 Å². The summed E-state index contributed by atoms with van der Waals surface area (Å²) in [7, 11) is 0. The third kappa shape index (κ3) is 3.44. The minimum Gasteiger partial charge on any atom is -0.266 e. The molecule has 0 fully saturated rings. The van der Waals surface area contributed by atoms with E-state index in [1.807, 2.05) is 98.8 Å². The molecule has 0 bridgehead atoms. The van der Waals surface area contributed by atoms with Gasteiger partial charge in [-0.3, -0.25) is 9.69 Å². The van der Waals surface area contributed by atoms with Gasteiger partial charge in [0.05, 0.1) is 5.69 Å². The van der Waals surface area contributed by atoms with Gasteiger partial charge in [0.2, 0.25) is 0 Å². The molecule has 1 aliphatic heterocycles. The van der Waals surface area contributed by atoms with E-state index in [-0.39, 0.29) is 5.91 Å². The number of benzene rings is 3. The average Bonchev–Trinajstić information content (AvgIpc) is 3.00. The van der Waals surface area contributed by atoms with Crippen molar-refractivity contribution in [3.8, 4) is 0 Å². The molecule has 132 valence electrons. The molecule has 0 unspecified atom stereocenters. The number of carbonyl (C=O) groups excluding carboxylic acids is 1. The van der Waals surface area contributed by atoms with Gasteiger partial charge >= 0.3 is 0 Å². The first-order valence-corrected chi connectivity index (χ1v) is 8.95. The highest BCUT2D eigenvalue weighted by Crippen LogP contribution is 2.28. The van der Waals surface area contributed by atoms with Gasteiger partial charge in [0.25, 0.3) is 5.91 Å². The second kappa shape index (κ2) is 7.04. The van der Waals surface area contributed by atoms with Crippen molar-refractivity contribution in [1.29, 1.82) is 0 Å². The molecule has 3 heteroatoms. The molecule has 0 aromatic heterocycles. The molecule has 0 saturated carbocycles. The number of amides is 1. The third-order valence-corrected chi connectivity index (χ3v) is 4.57.